The van der Waals surface area contributed by atoms with Crippen LogP contribution in [0.15, 0.2) is 0 Å². The molecule has 0 saturated heterocycles. The molecule has 0 atom stereocenters. The third-order valence-electron chi connectivity index (χ3n) is 0.941. The van der Waals surface area contributed by atoms with Gasteiger partial charge in [-0.2, -0.15) is 0 Å². The van der Waals surface area contributed by atoms with Gasteiger partial charge in [-0.3, -0.25) is 0 Å². The standard InChI is InChI=1S/C4H14N3O3P/c5-1-2-6-3-4-7-11(8,9)10/h6H,1-5H2,(H3,7,8,9,10). The molecule has 0 radical (unpaired) electrons. The SMILES string of the molecule is NCCNCCNP(=O)(O)O. The minimum absolute atomic E-state index is 0.240. The highest BCUT2D eigenvalue weighted by molar-refractivity contribution is 7.49. The largest absolute Gasteiger partial charge is 0.400 e. The molecule has 0 unspecified atom stereocenters. The Morgan fingerprint density at radius 2 is 1.91 bits per heavy atom. The number of nitrogens with one attached hydrogen (secondary N) is 2. The second-order valence-corrected chi connectivity index (χ2v) is 3.40. The summed E-state index contributed by atoms with van der Waals surface area (Å²) >= 11 is 0. The quantitative estimate of drug-likeness (QED) is 0.246. The molecule has 68 valence electrons. The van der Waals surface area contributed by atoms with E-state index < -0.39 is 7.75 Å². The zero-order valence-corrected chi connectivity index (χ0v) is 7.05. The number of hydrogen-bond donors (Lipinski definition) is 5. The molecule has 0 spiro atoms. The summed E-state index contributed by atoms with van der Waals surface area (Å²) in [4.78, 5) is 16.6. The summed E-state index contributed by atoms with van der Waals surface area (Å²) in [5, 5.41) is 4.92. The summed E-state index contributed by atoms with van der Waals surface area (Å²) in [5.74, 6) is 0. The van der Waals surface area contributed by atoms with Gasteiger partial charge in [-0.15, -0.1) is 0 Å². The van der Waals surface area contributed by atoms with E-state index in [-0.39, 0.29) is 6.54 Å². The second-order valence-electron chi connectivity index (χ2n) is 1.99. The molecule has 0 rings (SSSR count). The molecule has 0 amide bonds. The minimum Gasteiger partial charge on any atom is -0.329 e. The summed E-state index contributed by atoms with van der Waals surface area (Å²) in [6.07, 6.45) is 0. The third-order valence-corrected chi connectivity index (χ3v) is 1.58. The van der Waals surface area contributed by atoms with Gasteiger partial charge in [0.1, 0.15) is 0 Å². The van der Waals surface area contributed by atoms with Gasteiger partial charge in [0.2, 0.25) is 0 Å². The van der Waals surface area contributed by atoms with Crippen LogP contribution in [-0.4, -0.2) is 36.0 Å². The molecule has 0 aliphatic carbocycles. The van der Waals surface area contributed by atoms with Crippen molar-refractivity contribution in [3.8, 4) is 0 Å². The lowest BCUT2D eigenvalue weighted by atomic mass is 10.6. The molecular formula is C4H14N3O3P. The average molecular weight is 183 g/mol. The van der Waals surface area contributed by atoms with E-state index in [1.54, 1.807) is 0 Å². The first-order valence-corrected chi connectivity index (χ1v) is 4.89. The topological polar surface area (TPSA) is 108 Å². The lowest BCUT2D eigenvalue weighted by Gasteiger charge is -2.05. The molecule has 0 saturated carbocycles. The molecule has 0 aromatic rings. The fourth-order valence-electron chi connectivity index (χ4n) is 0.517. The van der Waals surface area contributed by atoms with Crippen LogP contribution in [-0.2, 0) is 4.57 Å². The van der Waals surface area contributed by atoms with Gasteiger partial charge < -0.3 is 20.8 Å². The summed E-state index contributed by atoms with van der Waals surface area (Å²) in [5.41, 5.74) is 5.16. The van der Waals surface area contributed by atoms with Crippen molar-refractivity contribution < 1.29 is 14.4 Å². The Balaban J connectivity index is 3.09. The maximum atomic E-state index is 10.2. The first-order chi connectivity index (χ1) is 5.06. The molecule has 0 aromatic carbocycles. The van der Waals surface area contributed by atoms with Gasteiger partial charge in [-0.05, 0) is 0 Å². The van der Waals surface area contributed by atoms with E-state index in [9.17, 15) is 4.57 Å². The van der Waals surface area contributed by atoms with Crippen molar-refractivity contribution >= 4 is 7.75 Å². The van der Waals surface area contributed by atoms with Crippen molar-refractivity contribution in [1.29, 1.82) is 0 Å². The van der Waals surface area contributed by atoms with E-state index in [0.29, 0.717) is 19.6 Å². The van der Waals surface area contributed by atoms with E-state index in [1.165, 1.54) is 0 Å². The monoisotopic (exact) mass is 183 g/mol. The average Bonchev–Trinajstić information content (AvgIpc) is 1.85. The zero-order valence-electron chi connectivity index (χ0n) is 6.16. The molecule has 0 aromatic heterocycles. The number of hydrogen-bond acceptors (Lipinski definition) is 3. The van der Waals surface area contributed by atoms with Crippen LogP contribution >= 0.6 is 7.75 Å². The van der Waals surface area contributed by atoms with Crippen LogP contribution in [0.5, 0.6) is 0 Å². The van der Waals surface area contributed by atoms with Gasteiger partial charge in [-0.1, -0.05) is 0 Å². The van der Waals surface area contributed by atoms with E-state index in [0.717, 1.165) is 0 Å². The molecule has 0 aliphatic heterocycles. The van der Waals surface area contributed by atoms with Crippen LogP contribution in [0.4, 0.5) is 0 Å². The van der Waals surface area contributed by atoms with Crippen molar-refractivity contribution in [2.45, 2.75) is 0 Å². The molecule has 6 N–H and O–H groups in total. The third kappa shape index (κ3) is 10.0. The molecule has 7 heteroatoms. The van der Waals surface area contributed by atoms with E-state index >= 15 is 0 Å². The van der Waals surface area contributed by atoms with Crippen molar-refractivity contribution in [2.24, 2.45) is 5.73 Å². The van der Waals surface area contributed by atoms with Crippen molar-refractivity contribution in [3.05, 3.63) is 0 Å². The number of rotatable bonds is 6. The maximum absolute atomic E-state index is 10.2. The van der Waals surface area contributed by atoms with Gasteiger partial charge in [0.25, 0.3) is 0 Å². The predicted molar refractivity (Wildman–Crippen MR) is 42.0 cm³/mol. The van der Waals surface area contributed by atoms with Crippen molar-refractivity contribution in [1.82, 2.24) is 10.4 Å². The van der Waals surface area contributed by atoms with Crippen LogP contribution in [0.3, 0.4) is 0 Å². The van der Waals surface area contributed by atoms with E-state index in [2.05, 4.69) is 5.32 Å². The molecular weight excluding hydrogens is 169 g/mol. The summed E-state index contributed by atoms with van der Waals surface area (Å²) in [6, 6.07) is 0. The van der Waals surface area contributed by atoms with Crippen LogP contribution < -0.4 is 16.1 Å². The van der Waals surface area contributed by atoms with Gasteiger partial charge >= 0.3 is 7.75 Å². The van der Waals surface area contributed by atoms with Gasteiger partial charge in [-0.25, -0.2) is 9.65 Å². The Kier molecular flexibility index (Phi) is 5.67. The normalized spacial score (nSPS) is 11.9. The lowest BCUT2D eigenvalue weighted by molar-refractivity contribution is 0.357. The zero-order chi connectivity index (χ0) is 8.74. The van der Waals surface area contributed by atoms with E-state index in [1.807, 2.05) is 5.09 Å². The summed E-state index contributed by atoms with van der Waals surface area (Å²) in [7, 11) is -4.04. The van der Waals surface area contributed by atoms with Crippen molar-refractivity contribution in [2.75, 3.05) is 26.2 Å². The smallest absolute Gasteiger partial charge is 0.329 e. The Bertz CT molecular complexity index is 137. The van der Waals surface area contributed by atoms with Gasteiger partial charge in [0, 0.05) is 26.2 Å². The molecule has 0 fully saturated rings. The Labute approximate surface area is 65.4 Å². The summed E-state index contributed by atoms with van der Waals surface area (Å²) in [6.45, 7) is 1.92. The van der Waals surface area contributed by atoms with Crippen LogP contribution in [0.1, 0.15) is 0 Å². The second kappa shape index (κ2) is 5.65. The van der Waals surface area contributed by atoms with Crippen LogP contribution in [0.25, 0.3) is 0 Å². The minimum atomic E-state index is -4.04. The Morgan fingerprint density at radius 3 is 2.36 bits per heavy atom. The highest BCUT2D eigenvalue weighted by atomic mass is 31.2. The van der Waals surface area contributed by atoms with E-state index in [4.69, 9.17) is 15.5 Å². The molecule has 0 aliphatic rings. The number of nitrogens with two attached hydrogens (primary N) is 1. The van der Waals surface area contributed by atoms with Crippen LogP contribution in [0.2, 0.25) is 0 Å². The first kappa shape index (κ1) is 11.0. The highest BCUT2D eigenvalue weighted by Gasteiger charge is 2.09. The molecule has 6 nitrogen and oxygen atoms in total. The first-order valence-electron chi connectivity index (χ1n) is 3.28. The molecule has 0 bridgehead atoms. The fraction of sp³-hybridized carbons (Fsp3) is 1.00. The Hall–Kier alpha value is 0.0300. The molecule has 11 heavy (non-hydrogen) atoms. The highest BCUT2D eigenvalue weighted by Crippen LogP contribution is 2.26. The predicted octanol–water partition coefficient (Wildman–Crippen LogP) is -1.78. The molecule has 0 heterocycles. The van der Waals surface area contributed by atoms with Gasteiger partial charge in [0.05, 0.1) is 0 Å². The fourth-order valence-corrected chi connectivity index (χ4v) is 0.920. The van der Waals surface area contributed by atoms with Crippen molar-refractivity contribution in [3.63, 3.8) is 0 Å². The van der Waals surface area contributed by atoms with Crippen LogP contribution in [0, 0.1) is 0 Å². The Morgan fingerprint density at radius 1 is 1.27 bits per heavy atom. The lowest BCUT2D eigenvalue weighted by Crippen LogP contribution is -2.29. The summed E-state index contributed by atoms with van der Waals surface area (Å²) < 4.78 is 10.2. The maximum Gasteiger partial charge on any atom is 0.400 e. The van der Waals surface area contributed by atoms with Gasteiger partial charge in [0.15, 0.2) is 0 Å².